The van der Waals surface area contributed by atoms with Crippen molar-refractivity contribution >= 4 is 51.4 Å². The third-order valence-electron chi connectivity index (χ3n) is 0. The molecule has 18 valence electrons. The summed E-state index contributed by atoms with van der Waals surface area (Å²) < 4.78 is 0. The summed E-state index contributed by atoms with van der Waals surface area (Å²) in [5.41, 5.74) is 0. The normalized spacial score (nSPS) is 2.00. The van der Waals surface area contributed by atoms with Crippen molar-refractivity contribution in [2.24, 2.45) is 0 Å². The Morgan fingerprint density at radius 1 is 1.75 bits per heavy atom. The van der Waals surface area contributed by atoms with Gasteiger partial charge >= 0.3 is 51.4 Å². The van der Waals surface area contributed by atoms with E-state index in [1.165, 1.54) is 6.92 Å². The molecule has 4 heavy (non-hydrogen) atoms. The molecule has 2 heteroatoms. The molecular weight excluding hydrogens is 77.1 g/mol. The molecule has 0 aromatic rings. The SMILES string of the molecule is CC#N.[KH]. The van der Waals surface area contributed by atoms with Gasteiger partial charge in [0.25, 0.3) is 0 Å². The first-order chi connectivity index (χ1) is 1.41. The fourth-order valence-electron chi connectivity index (χ4n) is 0. The van der Waals surface area contributed by atoms with Crippen LogP contribution in [0.5, 0.6) is 0 Å². The van der Waals surface area contributed by atoms with Gasteiger partial charge in [-0.15, -0.1) is 0 Å². The van der Waals surface area contributed by atoms with Crippen molar-refractivity contribution in [1.82, 2.24) is 0 Å². The summed E-state index contributed by atoms with van der Waals surface area (Å²) in [6, 6.07) is 1.75. The monoisotopic (exact) mass is 81.0 g/mol. The van der Waals surface area contributed by atoms with Crippen LogP contribution in [0.4, 0.5) is 0 Å². The number of hydrogen-bond acceptors (Lipinski definition) is 1. The average molecular weight is 81.2 g/mol. The molecule has 0 saturated carbocycles. The fraction of sp³-hybridized carbons (Fsp3) is 0.500. The van der Waals surface area contributed by atoms with Gasteiger partial charge < -0.3 is 0 Å². The van der Waals surface area contributed by atoms with E-state index in [2.05, 4.69) is 0 Å². The summed E-state index contributed by atoms with van der Waals surface area (Å²) in [6.07, 6.45) is 0. The first kappa shape index (κ1) is 8.93. The van der Waals surface area contributed by atoms with Crippen molar-refractivity contribution in [3.05, 3.63) is 0 Å². The van der Waals surface area contributed by atoms with Crippen LogP contribution in [0, 0.1) is 11.3 Å². The molecule has 0 atom stereocenters. The molecule has 1 nitrogen and oxygen atoms in total. The van der Waals surface area contributed by atoms with Gasteiger partial charge in [-0.25, -0.2) is 0 Å². The van der Waals surface area contributed by atoms with E-state index >= 15 is 0 Å². The van der Waals surface area contributed by atoms with E-state index in [0.29, 0.717) is 0 Å². The van der Waals surface area contributed by atoms with E-state index in [4.69, 9.17) is 5.26 Å². The van der Waals surface area contributed by atoms with Gasteiger partial charge in [0.05, 0.1) is 6.07 Å². The van der Waals surface area contributed by atoms with Crippen LogP contribution < -0.4 is 0 Å². The minimum atomic E-state index is 0. The Labute approximate surface area is 68.4 Å². The van der Waals surface area contributed by atoms with Crippen LogP contribution in [0.15, 0.2) is 0 Å². The fourth-order valence-corrected chi connectivity index (χ4v) is 0. The van der Waals surface area contributed by atoms with Gasteiger partial charge in [0.2, 0.25) is 0 Å². The van der Waals surface area contributed by atoms with Gasteiger partial charge in [0.15, 0.2) is 0 Å². The summed E-state index contributed by atoms with van der Waals surface area (Å²) >= 11 is 0. The van der Waals surface area contributed by atoms with Crippen LogP contribution in [-0.4, -0.2) is 51.4 Å². The molecule has 0 bridgehead atoms. The Morgan fingerprint density at radius 2 is 1.75 bits per heavy atom. The zero-order valence-electron chi connectivity index (χ0n) is 1.95. The molecule has 0 spiro atoms. The molecule has 0 aliphatic carbocycles. The molecule has 0 aliphatic rings. The van der Waals surface area contributed by atoms with Crippen LogP contribution >= 0.6 is 0 Å². The minimum absolute atomic E-state index is 0. The Balaban J connectivity index is 0. The topological polar surface area (TPSA) is 23.8 Å². The van der Waals surface area contributed by atoms with Gasteiger partial charge in [-0.1, -0.05) is 0 Å². The second-order valence-corrected chi connectivity index (χ2v) is 0.224. The maximum absolute atomic E-state index is 7.32. The third-order valence-corrected chi connectivity index (χ3v) is 0. The molecule has 0 radical (unpaired) electrons. The Morgan fingerprint density at radius 3 is 1.75 bits per heavy atom. The maximum atomic E-state index is 7.32. The molecule has 0 aliphatic heterocycles. The number of rotatable bonds is 0. The van der Waals surface area contributed by atoms with Gasteiger partial charge in [0, 0.05) is 6.92 Å². The second kappa shape index (κ2) is 8.92. The van der Waals surface area contributed by atoms with Gasteiger partial charge in [0.1, 0.15) is 0 Å². The van der Waals surface area contributed by atoms with Gasteiger partial charge in [-0.3, -0.25) is 0 Å². The van der Waals surface area contributed by atoms with Crippen LogP contribution in [-0.2, 0) is 0 Å². The van der Waals surface area contributed by atoms with Crippen LogP contribution in [0.25, 0.3) is 0 Å². The zero-order chi connectivity index (χ0) is 2.71. The van der Waals surface area contributed by atoms with Crippen molar-refractivity contribution < 1.29 is 0 Å². The standard InChI is InChI=1S/C2H3N.K.H/c1-2-3;;/h1H3;;. The predicted octanol–water partition coefficient (Wildman–Crippen LogP) is -0.119. The zero-order valence-corrected chi connectivity index (χ0v) is 1.95. The first-order valence-corrected chi connectivity index (χ1v) is 0.724. The molecule has 0 rings (SSSR count). The Kier molecular flexibility index (Phi) is 19.9. The predicted molar refractivity (Wildman–Crippen MR) is 18.4 cm³/mol. The van der Waals surface area contributed by atoms with Crippen molar-refractivity contribution in [2.45, 2.75) is 6.92 Å². The molecule has 0 heterocycles. The van der Waals surface area contributed by atoms with Crippen molar-refractivity contribution in [2.75, 3.05) is 0 Å². The van der Waals surface area contributed by atoms with E-state index in [9.17, 15) is 0 Å². The average Bonchev–Trinajstić information content (AvgIpc) is 0.918. The molecule has 0 saturated heterocycles. The number of nitriles is 1. The summed E-state index contributed by atoms with van der Waals surface area (Å²) in [5, 5.41) is 7.32. The summed E-state index contributed by atoms with van der Waals surface area (Å²) in [6.45, 7) is 1.43. The second-order valence-electron chi connectivity index (χ2n) is 0.224. The molecule has 0 fully saturated rings. The van der Waals surface area contributed by atoms with E-state index in [0.717, 1.165) is 0 Å². The number of hydrogen-bond donors (Lipinski definition) is 0. The van der Waals surface area contributed by atoms with E-state index < -0.39 is 0 Å². The Hall–Kier alpha value is 1.13. The van der Waals surface area contributed by atoms with Gasteiger partial charge in [-0.05, 0) is 0 Å². The molecule has 0 amide bonds. The van der Waals surface area contributed by atoms with E-state index in [1.807, 2.05) is 0 Å². The quantitative estimate of drug-likeness (QED) is 0.373. The van der Waals surface area contributed by atoms with Gasteiger partial charge in [-0.2, -0.15) is 5.26 Å². The van der Waals surface area contributed by atoms with Crippen LogP contribution in [0.3, 0.4) is 0 Å². The molecule has 0 unspecified atom stereocenters. The Bertz CT molecular complexity index is 27.5. The first-order valence-electron chi connectivity index (χ1n) is 0.724. The van der Waals surface area contributed by atoms with E-state index in [1.54, 1.807) is 6.07 Å². The molecule has 0 N–H and O–H groups in total. The molecular formula is C2H4KN. The van der Waals surface area contributed by atoms with Crippen molar-refractivity contribution in [1.29, 1.82) is 5.26 Å². The number of nitrogens with zero attached hydrogens (tertiary/aromatic N) is 1. The summed E-state index contributed by atoms with van der Waals surface area (Å²) in [5.74, 6) is 0. The van der Waals surface area contributed by atoms with Crippen LogP contribution in [0.2, 0.25) is 0 Å². The summed E-state index contributed by atoms with van der Waals surface area (Å²) in [7, 11) is 0. The third kappa shape index (κ3) is 11.1. The molecule has 0 aromatic carbocycles. The van der Waals surface area contributed by atoms with Crippen molar-refractivity contribution in [3.63, 3.8) is 0 Å². The summed E-state index contributed by atoms with van der Waals surface area (Å²) in [4.78, 5) is 0. The van der Waals surface area contributed by atoms with Crippen LogP contribution in [0.1, 0.15) is 6.92 Å². The molecule has 0 aromatic heterocycles. The van der Waals surface area contributed by atoms with E-state index in [-0.39, 0.29) is 51.4 Å². The van der Waals surface area contributed by atoms with Crippen molar-refractivity contribution in [3.8, 4) is 6.07 Å².